The molecule has 17 heavy (non-hydrogen) atoms. The summed E-state index contributed by atoms with van der Waals surface area (Å²) < 4.78 is 5.72. The average molecular weight is 291 g/mol. The second-order valence-corrected chi connectivity index (χ2v) is 6.88. The first-order chi connectivity index (χ1) is 8.06. The van der Waals surface area contributed by atoms with Crippen LogP contribution in [0.25, 0.3) is 0 Å². The largest absolute Gasteiger partial charge is 0.367 e. The molecule has 0 bridgehead atoms. The molecule has 0 aliphatic carbocycles. The van der Waals surface area contributed by atoms with E-state index in [1.165, 1.54) is 5.56 Å². The third-order valence-corrected chi connectivity index (χ3v) is 4.98. The SMILES string of the molecule is C[C@H]1COC(S[C@@H](C)c2ccc(Cl)c(Cl)c2)C1. The lowest BCUT2D eigenvalue weighted by molar-refractivity contribution is 0.166. The third-order valence-electron chi connectivity index (χ3n) is 2.93. The Labute approximate surface area is 117 Å². The Morgan fingerprint density at radius 2 is 2.12 bits per heavy atom. The van der Waals surface area contributed by atoms with Crippen molar-refractivity contribution in [1.82, 2.24) is 0 Å². The summed E-state index contributed by atoms with van der Waals surface area (Å²) in [6.45, 7) is 5.28. The zero-order valence-corrected chi connectivity index (χ0v) is 12.3. The Bertz CT molecular complexity index is 397. The van der Waals surface area contributed by atoms with Crippen molar-refractivity contribution in [1.29, 1.82) is 0 Å². The van der Waals surface area contributed by atoms with Gasteiger partial charge in [0.1, 0.15) is 5.44 Å². The molecule has 1 saturated heterocycles. The molecule has 1 aromatic rings. The molecule has 2 rings (SSSR count). The fourth-order valence-corrected chi connectivity index (χ4v) is 3.56. The molecule has 94 valence electrons. The highest BCUT2D eigenvalue weighted by Crippen LogP contribution is 2.39. The van der Waals surface area contributed by atoms with Crippen molar-refractivity contribution in [2.24, 2.45) is 5.92 Å². The Morgan fingerprint density at radius 3 is 2.71 bits per heavy atom. The lowest BCUT2D eigenvalue weighted by Gasteiger charge is -2.16. The highest BCUT2D eigenvalue weighted by molar-refractivity contribution is 7.99. The smallest absolute Gasteiger partial charge is 0.104 e. The minimum absolute atomic E-state index is 0.314. The topological polar surface area (TPSA) is 9.23 Å². The molecule has 4 heteroatoms. The maximum atomic E-state index is 6.03. The van der Waals surface area contributed by atoms with Gasteiger partial charge in [-0.1, -0.05) is 36.2 Å². The fraction of sp³-hybridized carbons (Fsp3) is 0.538. The predicted molar refractivity (Wildman–Crippen MR) is 76.0 cm³/mol. The predicted octanol–water partition coefficient (Wildman–Crippen LogP) is 5.17. The summed E-state index contributed by atoms with van der Waals surface area (Å²) in [5.74, 6) is 0.675. The van der Waals surface area contributed by atoms with Gasteiger partial charge in [0.05, 0.1) is 16.7 Å². The first-order valence-electron chi connectivity index (χ1n) is 5.78. The number of hydrogen-bond donors (Lipinski definition) is 0. The first-order valence-corrected chi connectivity index (χ1v) is 7.48. The van der Waals surface area contributed by atoms with Crippen molar-refractivity contribution < 1.29 is 4.74 Å². The molecular weight excluding hydrogens is 275 g/mol. The van der Waals surface area contributed by atoms with Gasteiger partial charge in [0.15, 0.2) is 0 Å². The molecule has 0 radical (unpaired) electrons. The molecule has 0 saturated carbocycles. The zero-order chi connectivity index (χ0) is 12.4. The molecule has 0 amide bonds. The van der Waals surface area contributed by atoms with Crippen molar-refractivity contribution in [3.05, 3.63) is 33.8 Å². The van der Waals surface area contributed by atoms with Crippen LogP contribution in [-0.4, -0.2) is 12.0 Å². The highest BCUT2D eigenvalue weighted by Gasteiger charge is 2.24. The fourth-order valence-electron chi connectivity index (χ4n) is 1.90. The average Bonchev–Trinajstić information content (AvgIpc) is 2.68. The summed E-state index contributed by atoms with van der Waals surface area (Å²) in [7, 11) is 0. The number of ether oxygens (including phenoxy) is 1. The molecule has 0 spiro atoms. The van der Waals surface area contributed by atoms with Gasteiger partial charge in [0, 0.05) is 5.25 Å². The standard InChI is InChI=1S/C13H16Cl2OS/c1-8-5-13(16-7-8)17-9(2)10-3-4-11(14)12(15)6-10/h3-4,6,8-9,13H,5,7H2,1-2H3/t8-,9+,13?/m1/s1. The van der Waals surface area contributed by atoms with Gasteiger partial charge in [0.25, 0.3) is 0 Å². The maximum absolute atomic E-state index is 6.03. The lowest BCUT2D eigenvalue weighted by Crippen LogP contribution is -2.02. The van der Waals surface area contributed by atoms with Crippen molar-refractivity contribution in [3.8, 4) is 0 Å². The Hall–Kier alpha value is 0.110. The molecule has 1 fully saturated rings. The summed E-state index contributed by atoms with van der Waals surface area (Å²) in [4.78, 5) is 0. The van der Waals surface area contributed by atoms with Crippen molar-refractivity contribution in [2.75, 3.05) is 6.61 Å². The molecule has 1 heterocycles. The van der Waals surface area contributed by atoms with Crippen molar-refractivity contribution in [2.45, 2.75) is 31.0 Å². The molecule has 1 unspecified atom stereocenters. The van der Waals surface area contributed by atoms with Crippen LogP contribution >= 0.6 is 35.0 Å². The number of rotatable bonds is 3. The van der Waals surface area contributed by atoms with E-state index >= 15 is 0 Å². The summed E-state index contributed by atoms with van der Waals surface area (Å²) in [5.41, 5.74) is 1.52. The van der Waals surface area contributed by atoms with E-state index < -0.39 is 0 Å². The second-order valence-electron chi connectivity index (χ2n) is 4.56. The zero-order valence-electron chi connectivity index (χ0n) is 9.95. The Balaban J connectivity index is 1.99. The highest BCUT2D eigenvalue weighted by atomic mass is 35.5. The minimum Gasteiger partial charge on any atom is -0.367 e. The van der Waals surface area contributed by atoms with E-state index in [0.717, 1.165) is 13.0 Å². The van der Waals surface area contributed by atoms with Crippen molar-refractivity contribution >= 4 is 35.0 Å². The van der Waals surface area contributed by atoms with E-state index in [1.807, 2.05) is 30.0 Å². The van der Waals surface area contributed by atoms with E-state index in [2.05, 4.69) is 13.8 Å². The summed E-state index contributed by atoms with van der Waals surface area (Å²) in [6.07, 6.45) is 1.14. The van der Waals surface area contributed by atoms with Gasteiger partial charge in [0.2, 0.25) is 0 Å². The van der Waals surface area contributed by atoms with Gasteiger partial charge < -0.3 is 4.74 Å². The molecule has 0 aromatic heterocycles. The van der Waals surface area contributed by atoms with Gasteiger partial charge in [-0.15, -0.1) is 11.8 Å². The molecule has 0 N–H and O–H groups in total. The van der Waals surface area contributed by atoms with Crippen LogP contribution in [0.3, 0.4) is 0 Å². The van der Waals surface area contributed by atoms with Crippen LogP contribution in [-0.2, 0) is 4.74 Å². The van der Waals surface area contributed by atoms with Gasteiger partial charge >= 0.3 is 0 Å². The number of hydrogen-bond acceptors (Lipinski definition) is 2. The normalized spacial score (nSPS) is 26.1. The molecular formula is C13H16Cl2OS. The van der Waals surface area contributed by atoms with Crippen LogP contribution in [0.1, 0.15) is 31.1 Å². The van der Waals surface area contributed by atoms with E-state index in [-0.39, 0.29) is 0 Å². The Morgan fingerprint density at radius 1 is 1.35 bits per heavy atom. The van der Waals surface area contributed by atoms with Crippen LogP contribution < -0.4 is 0 Å². The lowest BCUT2D eigenvalue weighted by atomic mass is 10.2. The van der Waals surface area contributed by atoms with Crippen molar-refractivity contribution in [3.63, 3.8) is 0 Å². The molecule has 1 aromatic carbocycles. The van der Waals surface area contributed by atoms with Crippen LogP contribution in [0.2, 0.25) is 10.0 Å². The maximum Gasteiger partial charge on any atom is 0.104 e. The van der Waals surface area contributed by atoms with Crippen LogP contribution in [0, 0.1) is 5.92 Å². The summed E-state index contributed by atoms with van der Waals surface area (Å²) in [5, 5.41) is 1.61. The van der Waals surface area contributed by atoms with E-state index in [0.29, 0.717) is 26.6 Å². The van der Waals surface area contributed by atoms with E-state index in [1.54, 1.807) is 0 Å². The molecule has 3 atom stereocenters. The molecule has 1 aliphatic heterocycles. The first kappa shape index (κ1) is 13.5. The van der Waals surface area contributed by atoms with E-state index in [4.69, 9.17) is 27.9 Å². The van der Waals surface area contributed by atoms with Gasteiger partial charge in [-0.05, 0) is 37.0 Å². The van der Waals surface area contributed by atoms with Gasteiger partial charge in [-0.2, -0.15) is 0 Å². The number of thioether (sulfide) groups is 1. The van der Waals surface area contributed by atoms with E-state index in [9.17, 15) is 0 Å². The molecule has 1 nitrogen and oxygen atoms in total. The third kappa shape index (κ3) is 3.54. The summed E-state index contributed by atoms with van der Waals surface area (Å²) >= 11 is 13.8. The summed E-state index contributed by atoms with van der Waals surface area (Å²) in [6, 6.07) is 5.83. The quantitative estimate of drug-likeness (QED) is 0.759. The van der Waals surface area contributed by atoms with Crippen LogP contribution in [0.15, 0.2) is 18.2 Å². The second kappa shape index (κ2) is 5.83. The van der Waals surface area contributed by atoms with Crippen LogP contribution in [0.4, 0.5) is 0 Å². The number of halogens is 2. The van der Waals surface area contributed by atoms with Gasteiger partial charge in [-0.25, -0.2) is 0 Å². The Kier molecular flexibility index (Phi) is 4.65. The van der Waals surface area contributed by atoms with Gasteiger partial charge in [-0.3, -0.25) is 0 Å². The minimum atomic E-state index is 0.314. The monoisotopic (exact) mass is 290 g/mol. The van der Waals surface area contributed by atoms with Crippen LogP contribution in [0.5, 0.6) is 0 Å². The number of benzene rings is 1. The molecule has 1 aliphatic rings.